The minimum Gasteiger partial charge on any atom is -0.392 e. The molecule has 1 heterocycles. The van der Waals surface area contributed by atoms with Crippen LogP contribution in [0.3, 0.4) is 0 Å². The van der Waals surface area contributed by atoms with Crippen molar-refractivity contribution < 1.29 is 9.90 Å². The molecule has 4 nitrogen and oxygen atoms in total. The van der Waals surface area contributed by atoms with Crippen molar-refractivity contribution in [2.24, 2.45) is 0 Å². The van der Waals surface area contributed by atoms with Crippen molar-refractivity contribution in [2.45, 2.75) is 18.9 Å². The molecular weight excluding hydrogens is 204 g/mol. The number of fused-ring (bicyclic) bond motifs is 1. The standard InChI is InChI=1S/C12H16N2O2/c1-8(15)6-14-12(16)10-7-13-11-5-3-2-4-9(10)11/h2-5,8,10,13,15H,6-7H2,1H3,(H,14,16)/t8-,10?/m1/s1. The van der Waals surface area contributed by atoms with Gasteiger partial charge in [-0.2, -0.15) is 0 Å². The maximum Gasteiger partial charge on any atom is 0.229 e. The molecule has 1 amide bonds. The first-order valence-electron chi connectivity index (χ1n) is 5.47. The Labute approximate surface area is 94.7 Å². The van der Waals surface area contributed by atoms with E-state index in [1.165, 1.54) is 0 Å². The highest BCUT2D eigenvalue weighted by Crippen LogP contribution is 2.30. The summed E-state index contributed by atoms with van der Waals surface area (Å²) < 4.78 is 0. The lowest BCUT2D eigenvalue weighted by Crippen LogP contribution is -2.35. The smallest absolute Gasteiger partial charge is 0.229 e. The molecule has 0 saturated carbocycles. The van der Waals surface area contributed by atoms with Crippen molar-refractivity contribution in [3.63, 3.8) is 0 Å². The van der Waals surface area contributed by atoms with Gasteiger partial charge >= 0.3 is 0 Å². The summed E-state index contributed by atoms with van der Waals surface area (Å²) in [7, 11) is 0. The third kappa shape index (κ3) is 2.17. The molecule has 1 aromatic rings. The van der Waals surface area contributed by atoms with Gasteiger partial charge in [0.15, 0.2) is 0 Å². The number of carbonyl (C=O) groups is 1. The molecular formula is C12H16N2O2. The Hall–Kier alpha value is -1.55. The minimum atomic E-state index is -0.506. The van der Waals surface area contributed by atoms with E-state index >= 15 is 0 Å². The van der Waals surface area contributed by atoms with Crippen LogP contribution in [-0.4, -0.2) is 30.2 Å². The van der Waals surface area contributed by atoms with Crippen LogP contribution in [0.1, 0.15) is 18.4 Å². The van der Waals surface area contributed by atoms with Crippen LogP contribution in [0.2, 0.25) is 0 Å². The second-order valence-corrected chi connectivity index (χ2v) is 4.11. The molecule has 1 unspecified atom stereocenters. The van der Waals surface area contributed by atoms with Gasteiger partial charge in [0.05, 0.1) is 12.0 Å². The van der Waals surface area contributed by atoms with E-state index in [0.29, 0.717) is 13.1 Å². The van der Waals surface area contributed by atoms with Crippen LogP contribution in [-0.2, 0) is 4.79 Å². The summed E-state index contributed by atoms with van der Waals surface area (Å²) in [5, 5.41) is 15.0. The fourth-order valence-electron chi connectivity index (χ4n) is 1.89. The molecule has 0 radical (unpaired) electrons. The molecule has 0 spiro atoms. The van der Waals surface area contributed by atoms with Gasteiger partial charge in [-0.25, -0.2) is 0 Å². The van der Waals surface area contributed by atoms with E-state index in [-0.39, 0.29) is 11.8 Å². The predicted octanol–water partition coefficient (Wildman–Crippen LogP) is 0.693. The Morgan fingerprint density at radius 1 is 1.62 bits per heavy atom. The Kier molecular flexibility index (Phi) is 3.10. The Morgan fingerprint density at radius 3 is 3.12 bits per heavy atom. The van der Waals surface area contributed by atoms with Gasteiger partial charge in [0.25, 0.3) is 0 Å². The van der Waals surface area contributed by atoms with Gasteiger partial charge in [-0.15, -0.1) is 0 Å². The number of rotatable bonds is 3. The van der Waals surface area contributed by atoms with Crippen LogP contribution in [0, 0.1) is 0 Å². The fraction of sp³-hybridized carbons (Fsp3) is 0.417. The summed E-state index contributed by atoms with van der Waals surface area (Å²) in [6.45, 7) is 2.59. The Morgan fingerprint density at radius 2 is 2.38 bits per heavy atom. The number of aliphatic hydroxyl groups is 1. The first-order valence-corrected chi connectivity index (χ1v) is 5.47. The van der Waals surface area contributed by atoms with Gasteiger partial charge in [0.2, 0.25) is 5.91 Å². The number of benzene rings is 1. The summed E-state index contributed by atoms with van der Waals surface area (Å²) in [5.41, 5.74) is 2.06. The molecule has 2 rings (SSSR count). The van der Waals surface area contributed by atoms with Crippen LogP contribution in [0.25, 0.3) is 0 Å². The van der Waals surface area contributed by atoms with Crippen molar-refractivity contribution >= 4 is 11.6 Å². The maximum absolute atomic E-state index is 11.9. The number of anilines is 1. The lowest BCUT2D eigenvalue weighted by atomic mass is 10.0. The van der Waals surface area contributed by atoms with Gasteiger partial charge in [0.1, 0.15) is 0 Å². The maximum atomic E-state index is 11.9. The van der Waals surface area contributed by atoms with Crippen molar-refractivity contribution in [1.82, 2.24) is 5.32 Å². The highest BCUT2D eigenvalue weighted by Gasteiger charge is 2.27. The first-order chi connectivity index (χ1) is 7.68. The Bertz CT molecular complexity index is 390. The molecule has 0 aliphatic carbocycles. The van der Waals surface area contributed by atoms with Crippen LogP contribution in [0.15, 0.2) is 24.3 Å². The van der Waals surface area contributed by atoms with Crippen molar-refractivity contribution in [2.75, 3.05) is 18.4 Å². The van der Waals surface area contributed by atoms with Crippen LogP contribution >= 0.6 is 0 Å². The second kappa shape index (κ2) is 4.53. The third-order valence-corrected chi connectivity index (χ3v) is 2.72. The zero-order chi connectivity index (χ0) is 11.5. The Balaban J connectivity index is 2.04. The summed E-state index contributed by atoms with van der Waals surface area (Å²) >= 11 is 0. The van der Waals surface area contributed by atoms with E-state index in [1.807, 2.05) is 24.3 Å². The average Bonchev–Trinajstić information content (AvgIpc) is 2.69. The van der Waals surface area contributed by atoms with Gasteiger partial charge in [-0.1, -0.05) is 18.2 Å². The number of hydrogen-bond acceptors (Lipinski definition) is 3. The first kappa shape index (κ1) is 11.0. The zero-order valence-corrected chi connectivity index (χ0v) is 9.23. The van der Waals surface area contributed by atoms with E-state index < -0.39 is 6.10 Å². The molecule has 1 aromatic carbocycles. The highest BCUT2D eigenvalue weighted by atomic mass is 16.3. The van der Waals surface area contributed by atoms with Crippen molar-refractivity contribution in [3.8, 4) is 0 Å². The van der Waals surface area contributed by atoms with Crippen molar-refractivity contribution in [3.05, 3.63) is 29.8 Å². The van der Waals surface area contributed by atoms with E-state index in [1.54, 1.807) is 6.92 Å². The lowest BCUT2D eigenvalue weighted by molar-refractivity contribution is -0.122. The third-order valence-electron chi connectivity index (χ3n) is 2.72. The summed E-state index contributed by atoms with van der Waals surface area (Å²) in [4.78, 5) is 11.9. The zero-order valence-electron chi connectivity index (χ0n) is 9.23. The molecule has 0 saturated heterocycles. The molecule has 0 fully saturated rings. The average molecular weight is 220 g/mol. The number of carbonyl (C=O) groups excluding carboxylic acids is 1. The van der Waals surface area contributed by atoms with Crippen molar-refractivity contribution in [1.29, 1.82) is 0 Å². The molecule has 1 aliphatic rings. The molecule has 0 aromatic heterocycles. The predicted molar refractivity (Wildman–Crippen MR) is 62.4 cm³/mol. The van der Waals surface area contributed by atoms with Gasteiger partial charge in [-0.3, -0.25) is 4.79 Å². The number of amides is 1. The number of nitrogens with one attached hydrogen (secondary N) is 2. The number of hydrogen-bond donors (Lipinski definition) is 3. The monoisotopic (exact) mass is 220 g/mol. The normalized spacial score (nSPS) is 19.8. The molecule has 0 bridgehead atoms. The second-order valence-electron chi connectivity index (χ2n) is 4.11. The fourth-order valence-corrected chi connectivity index (χ4v) is 1.89. The molecule has 86 valence electrons. The van der Waals surface area contributed by atoms with Gasteiger partial charge < -0.3 is 15.7 Å². The highest BCUT2D eigenvalue weighted by molar-refractivity contribution is 5.88. The lowest BCUT2D eigenvalue weighted by Gasteiger charge is -2.12. The topological polar surface area (TPSA) is 61.4 Å². The largest absolute Gasteiger partial charge is 0.392 e. The minimum absolute atomic E-state index is 0.0293. The molecule has 1 aliphatic heterocycles. The van der Waals surface area contributed by atoms with E-state index in [4.69, 9.17) is 5.11 Å². The SMILES string of the molecule is C[C@@H](O)CNC(=O)C1CNc2ccccc21. The molecule has 3 N–H and O–H groups in total. The summed E-state index contributed by atoms with van der Waals surface area (Å²) in [6, 6.07) is 7.81. The van der Waals surface area contributed by atoms with Crippen LogP contribution in [0.5, 0.6) is 0 Å². The number of para-hydroxylation sites is 1. The quantitative estimate of drug-likeness (QED) is 0.702. The molecule has 2 atom stereocenters. The van der Waals surface area contributed by atoms with Gasteiger partial charge in [0, 0.05) is 18.8 Å². The summed E-state index contributed by atoms with van der Waals surface area (Å²) in [5.74, 6) is -0.173. The van der Waals surface area contributed by atoms with Gasteiger partial charge in [-0.05, 0) is 18.6 Å². The molecule has 16 heavy (non-hydrogen) atoms. The van der Waals surface area contributed by atoms with E-state index in [2.05, 4.69) is 10.6 Å². The molecule has 4 heteroatoms. The van der Waals surface area contributed by atoms with E-state index in [9.17, 15) is 4.79 Å². The van der Waals surface area contributed by atoms with E-state index in [0.717, 1.165) is 11.3 Å². The van der Waals surface area contributed by atoms with Crippen LogP contribution in [0.4, 0.5) is 5.69 Å². The number of aliphatic hydroxyl groups excluding tert-OH is 1. The van der Waals surface area contributed by atoms with Crippen LogP contribution < -0.4 is 10.6 Å². The summed E-state index contributed by atoms with van der Waals surface area (Å²) in [6.07, 6.45) is -0.506.